The van der Waals surface area contributed by atoms with Gasteiger partial charge in [-0.25, -0.2) is 0 Å². The topological polar surface area (TPSA) is 65.6 Å². The van der Waals surface area contributed by atoms with Crippen molar-refractivity contribution in [1.29, 1.82) is 0 Å². The van der Waals surface area contributed by atoms with Gasteiger partial charge in [-0.05, 0) is 38.9 Å². The lowest BCUT2D eigenvalue weighted by Crippen LogP contribution is -2.39. The highest BCUT2D eigenvalue weighted by Crippen LogP contribution is 2.26. The SMILES string of the molecule is CCOC(=O)C1CCN(C[C@H](O)c2c[nH]c3ccccc23)CC1. The van der Waals surface area contributed by atoms with E-state index in [0.29, 0.717) is 13.2 Å². The van der Waals surface area contributed by atoms with Gasteiger partial charge in [0.25, 0.3) is 0 Å². The van der Waals surface area contributed by atoms with Crippen LogP contribution in [0.4, 0.5) is 0 Å². The minimum Gasteiger partial charge on any atom is -0.466 e. The fourth-order valence-corrected chi connectivity index (χ4v) is 3.32. The molecular formula is C18H24N2O3. The van der Waals surface area contributed by atoms with Gasteiger partial charge < -0.3 is 19.7 Å². The maximum Gasteiger partial charge on any atom is 0.309 e. The third-order valence-electron chi connectivity index (χ3n) is 4.62. The number of benzene rings is 1. The summed E-state index contributed by atoms with van der Waals surface area (Å²) in [7, 11) is 0. The number of nitrogens with zero attached hydrogens (tertiary/aromatic N) is 1. The van der Waals surface area contributed by atoms with Gasteiger partial charge in [0.05, 0.1) is 18.6 Å². The molecule has 5 heteroatoms. The highest BCUT2D eigenvalue weighted by atomic mass is 16.5. The van der Waals surface area contributed by atoms with E-state index in [0.717, 1.165) is 42.4 Å². The molecule has 2 N–H and O–H groups in total. The zero-order valence-corrected chi connectivity index (χ0v) is 13.5. The second kappa shape index (κ2) is 7.15. The third-order valence-corrected chi connectivity index (χ3v) is 4.62. The van der Waals surface area contributed by atoms with Gasteiger partial charge in [-0.1, -0.05) is 18.2 Å². The smallest absolute Gasteiger partial charge is 0.309 e. The number of hydrogen-bond donors (Lipinski definition) is 2. The van der Waals surface area contributed by atoms with Crippen molar-refractivity contribution in [3.05, 3.63) is 36.0 Å². The van der Waals surface area contributed by atoms with Crippen molar-refractivity contribution >= 4 is 16.9 Å². The molecule has 1 aromatic carbocycles. The summed E-state index contributed by atoms with van der Waals surface area (Å²) in [5.74, 6) is -0.0687. The summed E-state index contributed by atoms with van der Waals surface area (Å²) >= 11 is 0. The summed E-state index contributed by atoms with van der Waals surface area (Å²) in [6.07, 6.45) is 2.98. The Morgan fingerprint density at radius 1 is 1.39 bits per heavy atom. The van der Waals surface area contributed by atoms with Crippen LogP contribution in [0.3, 0.4) is 0 Å². The van der Waals surface area contributed by atoms with Crippen molar-refractivity contribution in [3.63, 3.8) is 0 Å². The van der Waals surface area contributed by atoms with E-state index in [1.54, 1.807) is 0 Å². The summed E-state index contributed by atoms with van der Waals surface area (Å²) in [5.41, 5.74) is 1.98. The quantitative estimate of drug-likeness (QED) is 0.832. The monoisotopic (exact) mass is 316 g/mol. The van der Waals surface area contributed by atoms with Crippen molar-refractivity contribution in [1.82, 2.24) is 9.88 Å². The number of aromatic amines is 1. The molecule has 0 bridgehead atoms. The first-order chi connectivity index (χ1) is 11.2. The molecule has 23 heavy (non-hydrogen) atoms. The summed E-state index contributed by atoms with van der Waals surface area (Å²) in [6.45, 7) is 4.52. The van der Waals surface area contributed by atoms with Gasteiger partial charge in [-0.2, -0.15) is 0 Å². The average Bonchev–Trinajstić information content (AvgIpc) is 3.00. The first kappa shape index (κ1) is 16.0. The van der Waals surface area contributed by atoms with Crippen LogP contribution < -0.4 is 0 Å². The maximum absolute atomic E-state index is 11.8. The van der Waals surface area contributed by atoms with Gasteiger partial charge in [0.1, 0.15) is 0 Å². The minimum absolute atomic E-state index is 0.0106. The standard InChI is InChI=1S/C18H24N2O3/c1-2-23-18(22)13-7-9-20(10-8-13)12-17(21)15-11-19-16-6-4-3-5-14(15)16/h3-6,11,13,17,19,21H,2,7-10,12H2,1H3/t17-/m0/s1. The zero-order valence-electron chi connectivity index (χ0n) is 13.5. The highest BCUT2D eigenvalue weighted by molar-refractivity contribution is 5.83. The zero-order chi connectivity index (χ0) is 16.2. The largest absolute Gasteiger partial charge is 0.466 e. The molecule has 0 radical (unpaired) electrons. The Kier molecular flexibility index (Phi) is 4.98. The van der Waals surface area contributed by atoms with Crippen LogP contribution >= 0.6 is 0 Å². The van der Waals surface area contributed by atoms with Crippen LogP contribution in [-0.2, 0) is 9.53 Å². The molecule has 0 amide bonds. The Morgan fingerprint density at radius 2 is 2.13 bits per heavy atom. The molecule has 0 unspecified atom stereocenters. The molecule has 1 atom stereocenters. The number of H-pyrrole nitrogens is 1. The van der Waals surface area contributed by atoms with Crippen LogP contribution in [0.25, 0.3) is 10.9 Å². The van der Waals surface area contributed by atoms with Crippen molar-refractivity contribution < 1.29 is 14.6 Å². The molecule has 0 saturated carbocycles. The second-order valence-electron chi connectivity index (χ2n) is 6.13. The number of carbonyl (C=O) groups excluding carboxylic acids is 1. The van der Waals surface area contributed by atoms with E-state index in [4.69, 9.17) is 4.74 Å². The normalized spacial score (nSPS) is 18.2. The Morgan fingerprint density at radius 3 is 2.87 bits per heavy atom. The van der Waals surface area contributed by atoms with E-state index in [1.807, 2.05) is 37.4 Å². The van der Waals surface area contributed by atoms with Crippen LogP contribution in [-0.4, -0.2) is 47.2 Å². The number of aliphatic hydroxyl groups excluding tert-OH is 1. The third kappa shape index (κ3) is 3.57. The second-order valence-corrected chi connectivity index (χ2v) is 6.13. The summed E-state index contributed by atoms with van der Waals surface area (Å²) in [5, 5.41) is 11.6. The first-order valence-electron chi connectivity index (χ1n) is 8.32. The van der Waals surface area contributed by atoms with Crippen molar-refractivity contribution in [3.8, 4) is 0 Å². The minimum atomic E-state index is -0.523. The number of aromatic nitrogens is 1. The van der Waals surface area contributed by atoms with E-state index in [1.165, 1.54) is 0 Å². The molecule has 1 aliphatic heterocycles. The molecular weight excluding hydrogens is 292 g/mol. The number of piperidine rings is 1. The highest BCUT2D eigenvalue weighted by Gasteiger charge is 2.27. The van der Waals surface area contributed by atoms with Crippen LogP contribution in [0.2, 0.25) is 0 Å². The summed E-state index contributed by atoms with van der Waals surface area (Å²) in [4.78, 5) is 17.2. The molecule has 0 aliphatic carbocycles. The van der Waals surface area contributed by atoms with E-state index in [2.05, 4.69) is 9.88 Å². The van der Waals surface area contributed by atoms with Crippen LogP contribution in [0, 0.1) is 5.92 Å². The van der Waals surface area contributed by atoms with Gasteiger partial charge in [0.2, 0.25) is 0 Å². The number of likely N-dealkylation sites (tertiary alicyclic amines) is 1. The Bertz CT molecular complexity index is 659. The molecule has 2 aromatic rings. The van der Waals surface area contributed by atoms with E-state index < -0.39 is 6.10 Å². The molecule has 3 rings (SSSR count). The van der Waals surface area contributed by atoms with Gasteiger partial charge in [0, 0.05) is 29.2 Å². The fourth-order valence-electron chi connectivity index (χ4n) is 3.32. The predicted octanol–water partition coefficient (Wildman–Crippen LogP) is 2.48. The maximum atomic E-state index is 11.8. The number of ether oxygens (including phenoxy) is 1. The Labute approximate surface area is 136 Å². The number of rotatable bonds is 5. The van der Waals surface area contributed by atoms with Crippen LogP contribution in [0.15, 0.2) is 30.5 Å². The van der Waals surface area contributed by atoms with Gasteiger partial charge in [0.15, 0.2) is 0 Å². The lowest BCUT2D eigenvalue weighted by Gasteiger charge is -2.32. The van der Waals surface area contributed by atoms with Crippen LogP contribution in [0.1, 0.15) is 31.4 Å². The van der Waals surface area contributed by atoms with Crippen molar-refractivity contribution in [2.45, 2.75) is 25.9 Å². The number of fused-ring (bicyclic) bond motifs is 1. The molecule has 5 nitrogen and oxygen atoms in total. The lowest BCUT2D eigenvalue weighted by atomic mass is 9.96. The van der Waals surface area contributed by atoms with Crippen LogP contribution in [0.5, 0.6) is 0 Å². The number of nitrogens with one attached hydrogen (secondary N) is 1. The molecule has 1 aliphatic rings. The number of carbonyl (C=O) groups is 1. The molecule has 124 valence electrons. The number of β-amino-alcohol motifs (C(OH)–C–C–N with tert-alkyl or cyclic N) is 1. The number of hydrogen-bond acceptors (Lipinski definition) is 4. The molecule has 1 fully saturated rings. The average molecular weight is 316 g/mol. The van der Waals surface area contributed by atoms with Gasteiger partial charge in [-0.3, -0.25) is 4.79 Å². The first-order valence-corrected chi connectivity index (χ1v) is 8.32. The Balaban J connectivity index is 1.57. The van der Waals surface area contributed by atoms with E-state index in [-0.39, 0.29) is 11.9 Å². The lowest BCUT2D eigenvalue weighted by molar-refractivity contribution is -0.149. The van der Waals surface area contributed by atoms with E-state index in [9.17, 15) is 9.90 Å². The van der Waals surface area contributed by atoms with Crippen molar-refractivity contribution in [2.75, 3.05) is 26.2 Å². The van der Waals surface area contributed by atoms with Crippen molar-refractivity contribution in [2.24, 2.45) is 5.92 Å². The molecule has 1 saturated heterocycles. The van der Waals surface area contributed by atoms with E-state index >= 15 is 0 Å². The Hall–Kier alpha value is -1.85. The predicted molar refractivity (Wildman–Crippen MR) is 89.1 cm³/mol. The molecule has 1 aromatic heterocycles. The molecule has 2 heterocycles. The van der Waals surface area contributed by atoms with Gasteiger partial charge >= 0.3 is 5.97 Å². The summed E-state index contributed by atoms with van der Waals surface area (Å²) in [6, 6.07) is 8.00. The molecule has 0 spiro atoms. The number of esters is 1. The summed E-state index contributed by atoms with van der Waals surface area (Å²) < 4.78 is 5.09. The number of para-hydroxylation sites is 1. The number of aliphatic hydroxyl groups is 1. The van der Waals surface area contributed by atoms with Gasteiger partial charge in [-0.15, -0.1) is 0 Å². The fraction of sp³-hybridized carbons (Fsp3) is 0.500.